The van der Waals surface area contributed by atoms with Crippen molar-refractivity contribution in [1.29, 1.82) is 0 Å². The average Bonchev–Trinajstić information content (AvgIpc) is 2.62. The van der Waals surface area contributed by atoms with Gasteiger partial charge in [-0.2, -0.15) is 4.98 Å². The third-order valence-corrected chi connectivity index (χ3v) is 5.57. The molecule has 0 saturated heterocycles. The highest BCUT2D eigenvalue weighted by atomic mass is 32.2. The predicted octanol–water partition coefficient (Wildman–Crippen LogP) is 3.83. The van der Waals surface area contributed by atoms with E-state index in [-0.39, 0.29) is 29.1 Å². The summed E-state index contributed by atoms with van der Waals surface area (Å²) in [7, 11) is 0. The smallest absolute Gasteiger partial charge is 0.261 e. The summed E-state index contributed by atoms with van der Waals surface area (Å²) in [4.78, 5) is 29.3. The van der Waals surface area contributed by atoms with Crippen LogP contribution in [0.4, 0.5) is 5.69 Å². The van der Waals surface area contributed by atoms with Gasteiger partial charge in [0.1, 0.15) is 0 Å². The van der Waals surface area contributed by atoms with E-state index in [2.05, 4.69) is 10.3 Å². The van der Waals surface area contributed by atoms with Gasteiger partial charge in [0, 0.05) is 11.7 Å². The summed E-state index contributed by atoms with van der Waals surface area (Å²) >= 11 is 1.16. The summed E-state index contributed by atoms with van der Waals surface area (Å²) in [5.74, 6) is -0.331. The Hall–Kier alpha value is -2.28. The largest absolute Gasteiger partial charge is 0.493 e. The SMILES string of the molecule is CCc1c(O)nc(SCC(=O)Nc2c(C)cccc2C)n(C(C)CC)c1=O. The maximum absolute atomic E-state index is 12.7. The van der Waals surface area contributed by atoms with Crippen LogP contribution in [0, 0.1) is 13.8 Å². The molecule has 0 bridgehead atoms. The quantitative estimate of drug-likeness (QED) is 0.555. The van der Waals surface area contributed by atoms with Crippen LogP contribution >= 0.6 is 11.8 Å². The molecule has 1 aromatic heterocycles. The molecule has 2 rings (SSSR count). The minimum absolute atomic E-state index is 0.0694. The second kappa shape index (κ2) is 9.08. The Labute approximate surface area is 164 Å². The molecule has 0 aliphatic heterocycles. The number of benzene rings is 1. The number of carbonyl (C=O) groups excluding carboxylic acids is 1. The van der Waals surface area contributed by atoms with Crippen molar-refractivity contribution in [2.45, 2.75) is 58.7 Å². The van der Waals surface area contributed by atoms with Gasteiger partial charge in [-0.15, -0.1) is 0 Å². The Morgan fingerprint density at radius 1 is 1.30 bits per heavy atom. The van der Waals surface area contributed by atoms with Gasteiger partial charge in [-0.05, 0) is 44.7 Å². The van der Waals surface area contributed by atoms with E-state index in [1.807, 2.05) is 52.8 Å². The fourth-order valence-corrected chi connectivity index (χ4v) is 3.72. The Morgan fingerprint density at radius 2 is 1.93 bits per heavy atom. The van der Waals surface area contributed by atoms with E-state index >= 15 is 0 Å². The topological polar surface area (TPSA) is 84.2 Å². The number of hydrogen-bond acceptors (Lipinski definition) is 5. The third-order valence-electron chi connectivity index (χ3n) is 4.62. The zero-order valence-corrected chi connectivity index (χ0v) is 17.3. The summed E-state index contributed by atoms with van der Waals surface area (Å²) in [6, 6.07) is 5.76. The maximum atomic E-state index is 12.7. The highest BCUT2D eigenvalue weighted by Gasteiger charge is 2.19. The van der Waals surface area contributed by atoms with Crippen molar-refractivity contribution in [3.05, 3.63) is 45.2 Å². The summed E-state index contributed by atoms with van der Waals surface area (Å²) in [6.45, 7) is 9.61. The third kappa shape index (κ3) is 4.71. The predicted molar refractivity (Wildman–Crippen MR) is 110 cm³/mol. The average molecular weight is 390 g/mol. The van der Waals surface area contributed by atoms with Crippen LogP contribution in [0.2, 0.25) is 0 Å². The molecule has 1 aromatic carbocycles. The Balaban J connectivity index is 2.24. The van der Waals surface area contributed by atoms with E-state index in [0.717, 1.165) is 35.0 Å². The number of aromatic nitrogens is 2. The minimum atomic E-state index is -0.250. The van der Waals surface area contributed by atoms with Crippen LogP contribution in [-0.4, -0.2) is 26.3 Å². The Morgan fingerprint density at radius 3 is 2.48 bits per heavy atom. The lowest BCUT2D eigenvalue weighted by molar-refractivity contribution is -0.113. The Kier molecular flexibility index (Phi) is 7.07. The van der Waals surface area contributed by atoms with Crippen molar-refractivity contribution in [1.82, 2.24) is 9.55 Å². The van der Waals surface area contributed by atoms with E-state index in [1.54, 1.807) is 4.57 Å². The van der Waals surface area contributed by atoms with Crippen molar-refractivity contribution in [2.24, 2.45) is 0 Å². The van der Waals surface area contributed by atoms with Gasteiger partial charge in [0.05, 0.1) is 11.3 Å². The number of hydrogen-bond donors (Lipinski definition) is 2. The number of thioether (sulfide) groups is 1. The standard InChI is InChI=1S/C20H27N3O3S/c1-6-14(5)23-19(26)15(7-2)18(25)22-20(23)27-11-16(24)21-17-12(3)9-8-10-13(17)4/h8-10,14,25H,6-7,11H2,1-5H3,(H,21,24). The van der Waals surface area contributed by atoms with Gasteiger partial charge >= 0.3 is 0 Å². The number of rotatable bonds is 7. The molecule has 1 atom stereocenters. The lowest BCUT2D eigenvalue weighted by Gasteiger charge is -2.19. The fourth-order valence-electron chi connectivity index (χ4n) is 2.84. The number of nitrogens with zero attached hydrogens (tertiary/aromatic N) is 2. The van der Waals surface area contributed by atoms with Gasteiger partial charge in [0.25, 0.3) is 5.56 Å². The van der Waals surface area contributed by atoms with E-state index in [0.29, 0.717) is 17.1 Å². The first-order valence-electron chi connectivity index (χ1n) is 9.13. The van der Waals surface area contributed by atoms with Gasteiger partial charge < -0.3 is 10.4 Å². The molecule has 2 aromatic rings. The summed E-state index contributed by atoms with van der Waals surface area (Å²) in [6.07, 6.45) is 1.16. The lowest BCUT2D eigenvalue weighted by atomic mass is 10.1. The number of aryl methyl sites for hydroxylation is 2. The van der Waals surface area contributed by atoms with E-state index < -0.39 is 0 Å². The van der Waals surface area contributed by atoms with Crippen LogP contribution in [0.1, 0.15) is 49.9 Å². The fraction of sp³-hybridized carbons (Fsp3) is 0.450. The first-order valence-corrected chi connectivity index (χ1v) is 10.1. The molecule has 6 nitrogen and oxygen atoms in total. The van der Waals surface area contributed by atoms with Gasteiger partial charge in [-0.25, -0.2) is 0 Å². The molecule has 2 N–H and O–H groups in total. The molecule has 0 spiro atoms. The van der Waals surface area contributed by atoms with E-state index in [1.165, 1.54) is 0 Å². The number of carbonyl (C=O) groups is 1. The lowest BCUT2D eigenvalue weighted by Crippen LogP contribution is -2.29. The molecule has 0 radical (unpaired) electrons. The molecule has 1 heterocycles. The van der Waals surface area contributed by atoms with Crippen molar-refractivity contribution in [3.8, 4) is 5.88 Å². The molecule has 146 valence electrons. The molecule has 1 unspecified atom stereocenters. The van der Waals surface area contributed by atoms with Gasteiger partial charge in [-0.3, -0.25) is 14.2 Å². The van der Waals surface area contributed by atoms with Crippen LogP contribution in [0.25, 0.3) is 0 Å². The molecule has 0 aliphatic carbocycles. The van der Waals surface area contributed by atoms with Crippen molar-refractivity contribution in [2.75, 3.05) is 11.1 Å². The molecular formula is C20H27N3O3S. The first-order chi connectivity index (χ1) is 12.8. The van der Waals surface area contributed by atoms with Crippen LogP contribution in [-0.2, 0) is 11.2 Å². The number of amides is 1. The zero-order chi connectivity index (χ0) is 20.1. The van der Waals surface area contributed by atoms with E-state index in [4.69, 9.17) is 0 Å². The molecule has 0 saturated carbocycles. The van der Waals surface area contributed by atoms with Gasteiger partial charge in [0.15, 0.2) is 5.16 Å². The molecule has 7 heteroatoms. The number of para-hydroxylation sites is 1. The van der Waals surface area contributed by atoms with Crippen molar-refractivity contribution < 1.29 is 9.90 Å². The van der Waals surface area contributed by atoms with Crippen LogP contribution in [0.5, 0.6) is 5.88 Å². The minimum Gasteiger partial charge on any atom is -0.493 e. The van der Waals surface area contributed by atoms with Crippen LogP contribution in [0.3, 0.4) is 0 Å². The highest BCUT2D eigenvalue weighted by Crippen LogP contribution is 2.25. The molecular weight excluding hydrogens is 362 g/mol. The van der Waals surface area contributed by atoms with Gasteiger partial charge in [-0.1, -0.05) is 43.8 Å². The van der Waals surface area contributed by atoms with Crippen molar-refractivity contribution >= 4 is 23.4 Å². The summed E-state index contributed by atoms with van der Waals surface area (Å²) in [5, 5.41) is 13.4. The second-order valence-corrected chi connectivity index (χ2v) is 7.53. The van der Waals surface area contributed by atoms with Gasteiger partial charge in [0.2, 0.25) is 11.8 Å². The normalized spacial score (nSPS) is 12.0. The number of anilines is 1. The van der Waals surface area contributed by atoms with Crippen LogP contribution in [0.15, 0.2) is 28.2 Å². The monoisotopic (exact) mass is 389 g/mol. The number of nitrogens with one attached hydrogen (secondary N) is 1. The van der Waals surface area contributed by atoms with Crippen LogP contribution < -0.4 is 10.9 Å². The second-order valence-electron chi connectivity index (χ2n) is 6.59. The number of aromatic hydroxyl groups is 1. The molecule has 27 heavy (non-hydrogen) atoms. The zero-order valence-electron chi connectivity index (χ0n) is 16.5. The summed E-state index contributed by atoms with van der Waals surface area (Å²) < 4.78 is 1.58. The molecule has 0 aliphatic rings. The van der Waals surface area contributed by atoms with Crippen molar-refractivity contribution in [3.63, 3.8) is 0 Å². The highest BCUT2D eigenvalue weighted by molar-refractivity contribution is 7.99. The maximum Gasteiger partial charge on any atom is 0.261 e. The molecule has 1 amide bonds. The molecule has 0 fully saturated rings. The Bertz CT molecular complexity index is 873. The first kappa shape index (κ1) is 21.0. The van der Waals surface area contributed by atoms with E-state index in [9.17, 15) is 14.7 Å². The summed E-state index contributed by atoms with van der Waals surface area (Å²) in [5.41, 5.74) is 2.86.